The second-order valence-corrected chi connectivity index (χ2v) is 4.32. The first-order chi connectivity index (χ1) is 7.42. The molecule has 1 N–H and O–H groups in total. The Bertz CT molecular complexity index is 372. The number of rotatable bonds is 3. The first kappa shape index (κ1) is 12.4. The third-order valence-corrected chi connectivity index (χ3v) is 1.60. The smallest absolute Gasteiger partial charge is 0.359 e. The molecule has 0 amide bonds. The van der Waals surface area contributed by atoms with Crippen LogP contribution in [0.15, 0.2) is 12.4 Å². The molecule has 0 unspecified atom stereocenters. The number of aromatic nitrogens is 2. The van der Waals surface area contributed by atoms with Crippen LogP contribution >= 0.6 is 0 Å². The summed E-state index contributed by atoms with van der Waals surface area (Å²) in [6.45, 7) is 8.11. The highest BCUT2D eigenvalue weighted by atomic mass is 16.6. The van der Waals surface area contributed by atoms with Gasteiger partial charge in [-0.05, 0) is 27.7 Å². The molecule has 0 bridgehead atoms. The zero-order valence-electron chi connectivity index (χ0n) is 10.1. The van der Waals surface area contributed by atoms with E-state index in [4.69, 9.17) is 4.74 Å². The molecule has 0 spiro atoms. The van der Waals surface area contributed by atoms with E-state index in [0.29, 0.717) is 5.82 Å². The SMILES string of the molecule is CCNc1cncc(C(=O)OC(C)(C)C)n1. The lowest BCUT2D eigenvalue weighted by Gasteiger charge is -2.19. The topological polar surface area (TPSA) is 64.1 Å². The summed E-state index contributed by atoms with van der Waals surface area (Å²) in [6, 6.07) is 0. The third kappa shape index (κ3) is 3.84. The van der Waals surface area contributed by atoms with Gasteiger partial charge in [-0.15, -0.1) is 0 Å². The minimum atomic E-state index is -0.521. The number of esters is 1. The molecule has 0 saturated carbocycles. The summed E-state index contributed by atoms with van der Waals surface area (Å²) in [4.78, 5) is 19.7. The summed E-state index contributed by atoms with van der Waals surface area (Å²) < 4.78 is 5.19. The van der Waals surface area contributed by atoms with E-state index < -0.39 is 11.6 Å². The van der Waals surface area contributed by atoms with Gasteiger partial charge in [-0.3, -0.25) is 4.98 Å². The highest BCUT2D eigenvalue weighted by molar-refractivity contribution is 5.87. The van der Waals surface area contributed by atoms with Crippen molar-refractivity contribution in [2.24, 2.45) is 0 Å². The van der Waals surface area contributed by atoms with Crippen LogP contribution in [0.2, 0.25) is 0 Å². The van der Waals surface area contributed by atoms with Crippen LogP contribution in [-0.2, 0) is 4.74 Å². The van der Waals surface area contributed by atoms with Crippen molar-refractivity contribution in [3.8, 4) is 0 Å². The maximum Gasteiger partial charge on any atom is 0.359 e. The Balaban J connectivity index is 2.79. The molecule has 1 rings (SSSR count). The van der Waals surface area contributed by atoms with E-state index in [1.54, 1.807) is 6.20 Å². The average molecular weight is 223 g/mol. The number of carbonyl (C=O) groups excluding carboxylic acids is 1. The van der Waals surface area contributed by atoms with Crippen molar-refractivity contribution >= 4 is 11.8 Å². The fraction of sp³-hybridized carbons (Fsp3) is 0.545. The van der Waals surface area contributed by atoms with Gasteiger partial charge in [0.15, 0.2) is 5.69 Å². The number of nitrogens with one attached hydrogen (secondary N) is 1. The molecule has 88 valence electrons. The van der Waals surface area contributed by atoms with E-state index >= 15 is 0 Å². The van der Waals surface area contributed by atoms with Crippen LogP contribution in [0.3, 0.4) is 0 Å². The van der Waals surface area contributed by atoms with E-state index in [9.17, 15) is 4.79 Å². The first-order valence-electron chi connectivity index (χ1n) is 5.21. The fourth-order valence-electron chi connectivity index (χ4n) is 1.06. The molecule has 0 aliphatic heterocycles. The lowest BCUT2D eigenvalue weighted by molar-refractivity contribution is 0.00625. The van der Waals surface area contributed by atoms with Crippen LogP contribution in [0.4, 0.5) is 5.82 Å². The minimum absolute atomic E-state index is 0.216. The molecule has 0 fully saturated rings. The van der Waals surface area contributed by atoms with Crippen molar-refractivity contribution in [2.45, 2.75) is 33.3 Å². The molecule has 5 heteroatoms. The van der Waals surface area contributed by atoms with Gasteiger partial charge in [-0.25, -0.2) is 9.78 Å². The maximum absolute atomic E-state index is 11.7. The molecular formula is C11H17N3O2. The van der Waals surface area contributed by atoms with Crippen molar-refractivity contribution in [1.82, 2.24) is 9.97 Å². The second-order valence-electron chi connectivity index (χ2n) is 4.32. The van der Waals surface area contributed by atoms with E-state index in [-0.39, 0.29) is 5.69 Å². The van der Waals surface area contributed by atoms with Crippen molar-refractivity contribution in [3.63, 3.8) is 0 Å². The number of carbonyl (C=O) groups is 1. The quantitative estimate of drug-likeness (QED) is 0.792. The monoisotopic (exact) mass is 223 g/mol. The van der Waals surface area contributed by atoms with Gasteiger partial charge in [0.05, 0.1) is 12.4 Å². The normalized spacial score (nSPS) is 11.0. The standard InChI is InChI=1S/C11H17N3O2/c1-5-13-9-7-12-6-8(14-9)10(15)16-11(2,3)4/h6-7H,5H2,1-4H3,(H,13,14). The maximum atomic E-state index is 11.7. The second kappa shape index (κ2) is 4.92. The Morgan fingerprint density at radius 2 is 2.12 bits per heavy atom. The van der Waals surface area contributed by atoms with Crippen LogP contribution in [0.1, 0.15) is 38.2 Å². The Morgan fingerprint density at radius 1 is 1.44 bits per heavy atom. The fourth-order valence-corrected chi connectivity index (χ4v) is 1.06. The molecule has 0 radical (unpaired) electrons. The predicted octanol–water partition coefficient (Wildman–Crippen LogP) is 1.86. The van der Waals surface area contributed by atoms with Crippen LogP contribution in [0, 0.1) is 0 Å². The summed E-state index contributed by atoms with van der Waals surface area (Å²) in [5.74, 6) is 0.116. The Morgan fingerprint density at radius 3 is 2.69 bits per heavy atom. The number of ether oxygens (including phenoxy) is 1. The molecule has 0 aliphatic rings. The van der Waals surface area contributed by atoms with E-state index in [0.717, 1.165) is 6.54 Å². The molecular weight excluding hydrogens is 206 g/mol. The highest BCUT2D eigenvalue weighted by Crippen LogP contribution is 2.11. The van der Waals surface area contributed by atoms with Crippen molar-refractivity contribution in [1.29, 1.82) is 0 Å². The molecule has 16 heavy (non-hydrogen) atoms. The van der Waals surface area contributed by atoms with Gasteiger partial charge in [0, 0.05) is 6.54 Å². The lowest BCUT2D eigenvalue weighted by Crippen LogP contribution is -2.24. The molecule has 5 nitrogen and oxygen atoms in total. The molecule has 0 saturated heterocycles. The Labute approximate surface area is 95.3 Å². The van der Waals surface area contributed by atoms with Gasteiger partial charge >= 0.3 is 5.97 Å². The summed E-state index contributed by atoms with van der Waals surface area (Å²) in [5, 5.41) is 2.98. The molecule has 1 aromatic rings. The van der Waals surface area contributed by atoms with Gasteiger partial charge in [0.25, 0.3) is 0 Å². The van der Waals surface area contributed by atoms with Gasteiger partial charge in [0.2, 0.25) is 0 Å². The molecule has 0 aromatic carbocycles. The average Bonchev–Trinajstić information content (AvgIpc) is 2.16. The molecule has 1 heterocycles. The zero-order valence-corrected chi connectivity index (χ0v) is 10.1. The van der Waals surface area contributed by atoms with Crippen LogP contribution < -0.4 is 5.32 Å². The van der Waals surface area contributed by atoms with Gasteiger partial charge in [0.1, 0.15) is 11.4 Å². The summed E-state index contributed by atoms with van der Waals surface area (Å²) in [6.07, 6.45) is 2.96. The number of nitrogens with zero attached hydrogens (tertiary/aromatic N) is 2. The lowest BCUT2D eigenvalue weighted by atomic mass is 10.2. The molecule has 0 atom stereocenters. The van der Waals surface area contributed by atoms with Crippen molar-refractivity contribution in [3.05, 3.63) is 18.1 Å². The van der Waals surface area contributed by atoms with Gasteiger partial charge in [-0.2, -0.15) is 0 Å². The van der Waals surface area contributed by atoms with E-state index in [1.807, 2.05) is 27.7 Å². The van der Waals surface area contributed by atoms with Crippen molar-refractivity contribution in [2.75, 3.05) is 11.9 Å². The third-order valence-electron chi connectivity index (χ3n) is 1.60. The van der Waals surface area contributed by atoms with Gasteiger partial charge in [-0.1, -0.05) is 0 Å². The predicted molar refractivity (Wildman–Crippen MR) is 61.4 cm³/mol. The Hall–Kier alpha value is -1.65. The van der Waals surface area contributed by atoms with Crippen molar-refractivity contribution < 1.29 is 9.53 Å². The van der Waals surface area contributed by atoms with E-state index in [1.165, 1.54) is 6.20 Å². The first-order valence-corrected chi connectivity index (χ1v) is 5.21. The Kier molecular flexibility index (Phi) is 3.82. The molecule has 1 aromatic heterocycles. The number of anilines is 1. The number of hydrogen-bond acceptors (Lipinski definition) is 5. The van der Waals surface area contributed by atoms with Crippen LogP contribution in [-0.4, -0.2) is 28.1 Å². The van der Waals surface area contributed by atoms with Crippen LogP contribution in [0.5, 0.6) is 0 Å². The summed E-state index contributed by atoms with van der Waals surface area (Å²) in [7, 11) is 0. The largest absolute Gasteiger partial charge is 0.455 e. The highest BCUT2D eigenvalue weighted by Gasteiger charge is 2.19. The van der Waals surface area contributed by atoms with Crippen LogP contribution in [0.25, 0.3) is 0 Å². The summed E-state index contributed by atoms with van der Waals surface area (Å²) in [5.41, 5.74) is -0.305. The summed E-state index contributed by atoms with van der Waals surface area (Å²) >= 11 is 0. The van der Waals surface area contributed by atoms with Gasteiger partial charge < -0.3 is 10.1 Å². The number of hydrogen-bond donors (Lipinski definition) is 1. The minimum Gasteiger partial charge on any atom is -0.455 e. The molecule has 0 aliphatic carbocycles. The van der Waals surface area contributed by atoms with E-state index in [2.05, 4.69) is 15.3 Å². The zero-order chi connectivity index (χ0) is 12.2.